The zero-order valence-corrected chi connectivity index (χ0v) is 11.6. The highest BCUT2D eigenvalue weighted by atomic mass is 35.5. The van der Waals surface area contributed by atoms with Crippen LogP contribution >= 0.6 is 11.6 Å². The van der Waals surface area contributed by atoms with Gasteiger partial charge in [-0.2, -0.15) is 4.98 Å². The van der Waals surface area contributed by atoms with Gasteiger partial charge in [0.2, 0.25) is 17.7 Å². The Balaban J connectivity index is 2.61. The number of ether oxygens (including phenoxy) is 1. The molecule has 1 heterocycles. The maximum atomic E-state index is 11.6. The van der Waals surface area contributed by atoms with E-state index >= 15 is 0 Å². The van der Waals surface area contributed by atoms with Crippen molar-refractivity contribution in [1.82, 2.24) is 15.3 Å². The van der Waals surface area contributed by atoms with E-state index in [2.05, 4.69) is 20.6 Å². The molecule has 100 valence electrons. The predicted molar refractivity (Wildman–Crippen MR) is 70.0 cm³/mol. The van der Waals surface area contributed by atoms with Crippen LogP contribution in [0.15, 0.2) is 6.07 Å². The highest BCUT2D eigenvalue weighted by Crippen LogP contribution is 2.15. The molecule has 0 aliphatic heterocycles. The maximum absolute atomic E-state index is 11.6. The highest BCUT2D eigenvalue weighted by Gasteiger charge is 2.12. The SMILES string of the molecule is COc1cc(Cl)nc(NC(=O)CNC(C)(C)C)n1. The van der Waals surface area contributed by atoms with E-state index in [0.29, 0.717) is 5.88 Å². The number of nitrogens with one attached hydrogen (secondary N) is 2. The largest absolute Gasteiger partial charge is 0.481 e. The molecule has 0 atom stereocenters. The second-order valence-electron chi connectivity index (χ2n) is 4.71. The van der Waals surface area contributed by atoms with Crippen LogP contribution in [0.3, 0.4) is 0 Å². The number of halogens is 1. The zero-order valence-electron chi connectivity index (χ0n) is 10.9. The Hall–Kier alpha value is -1.40. The van der Waals surface area contributed by atoms with E-state index in [4.69, 9.17) is 16.3 Å². The van der Waals surface area contributed by atoms with E-state index in [0.717, 1.165) is 0 Å². The van der Waals surface area contributed by atoms with E-state index in [9.17, 15) is 4.79 Å². The molecule has 6 nitrogen and oxygen atoms in total. The topological polar surface area (TPSA) is 76.1 Å². The van der Waals surface area contributed by atoms with Crippen molar-refractivity contribution < 1.29 is 9.53 Å². The van der Waals surface area contributed by atoms with Gasteiger partial charge >= 0.3 is 0 Å². The lowest BCUT2D eigenvalue weighted by Gasteiger charge is -2.19. The number of carbonyl (C=O) groups is 1. The smallest absolute Gasteiger partial charge is 0.240 e. The van der Waals surface area contributed by atoms with E-state index in [1.807, 2.05) is 20.8 Å². The van der Waals surface area contributed by atoms with Crippen LogP contribution in [0.2, 0.25) is 5.15 Å². The summed E-state index contributed by atoms with van der Waals surface area (Å²) in [6, 6.07) is 1.46. The first-order chi connectivity index (χ1) is 8.30. The Bertz CT molecular complexity index is 432. The molecule has 0 aliphatic carbocycles. The molecule has 0 fully saturated rings. The minimum absolute atomic E-state index is 0.125. The number of methoxy groups -OCH3 is 1. The second-order valence-corrected chi connectivity index (χ2v) is 5.10. The van der Waals surface area contributed by atoms with Gasteiger partial charge < -0.3 is 10.1 Å². The standard InChI is InChI=1S/C11H17ClN4O2/c1-11(2,3)13-6-8(17)15-10-14-7(12)5-9(16-10)18-4/h5,13H,6H2,1-4H3,(H,14,15,16,17). The quantitative estimate of drug-likeness (QED) is 0.812. The summed E-state index contributed by atoms with van der Waals surface area (Å²) in [5.74, 6) is 0.184. The minimum atomic E-state index is -0.241. The Kier molecular flexibility index (Phi) is 4.86. The number of carbonyl (C=O) groups excluding carboxylic acids is 1. The molecule has 0 unspecified atom stereocenters. The van der Waals surface area contributed by atoms with Crippen LogP contribution < -0.4 is 15.4 Å². The van der Waals surface area contributed by atoms with Crippen LogP contribution in [0.5, 0.6) is 5.88 Å². The Morgan fingerprint density at radius 3 is 2.67 bits per heavy atom. The fourth-order valence-corrected chi connectivity index (χ4v) is 1.25. The average molecular weight is 273 g/mol. The van der Waals surface area contributed by atoms with Crippen LogP contribution in [0.25, 0.3) is 0 Å². The summed E-state index contributed by atoms with van der Waals surface area (Å²) in [5, 5.41) is 5.80. The first-order valence-corrected chi connectivity index (χ1v) is 5.81. The molecule has 0 saturated heterocycles. The molecular weight excluding hydrogens is 256 g/mol. The summed E-state index contributed by atoms with van der Waals surface area (Å²) in [4.78, 5) is 19.5. The average Bonchev–Trinajstić information content (AvgIpc) is 2.24. The van der Waals surface area contributed by atoms with Crippen LogP contribution in [-0.4, -0.2) is 35.1 Å². The number of nitrogens with zero attached hydrogens (tertiary/aromatic N) is 2. The molecule has 1 amide bonds. The fraction of sp³-hybridized carbons (Fsp3) is 0.545. The van der Waals surface area contributed by atoms with E-state index in [1.54, 1.807) is 0 Å². The molecule has 0 spiro atoms. The molecule has 1 aromatic heterocycles. The molecule has 1 aromatic rings. The molecule has 2 N–H and O–H groups in total. The molecule has 7 heteroatoms. The second kappa shape index (κ2) is 5.97. The number of hydrogen-bond acceptors (Lipinski definition) is 5. The fourth-order valence-electron chi connectivity index (χ4n) is 1.07. The number of amides is 1. The summed E-state index contributed by atoms with van der Waals surface area (Å²) < 4.78 is 4.93. The first-order valence-electron chi connectivity index (χ1n) is 5.43. The van der Waals surface area contributed by atoms with E-state index in [1.165, 1.54) is 13.2 Å². The van der Waals surface area contributed by atoms with Crippen molar-refractivity contribution in [3.8, 4) is 5.88 Å². The van der Waals surface area contributed by atoms with Crippen LogP contribution in [0.1, 0.15) is 20.8 Å². The van der Waals surface area contributed by atoms with Gasteiger partial charge in [-0.1, -0.05) is 11.6 Å². The maximum Gasteiger partial charge on any atom is 0.240 e. The molecule has 0 aromatic carbocycles. The van der Waals surface area contributed by atoms with Crippen molar-refractivity contribution in [3.05, 3.63) is 11.2 Å². The zero-order chi connectivity index (χ0) is 13.8. The Morgan fingerprint density at radius 1 is 1.44 bits per heavy atom. The predicted octanol–water partition coefficient (Wildman–Crippen LogP) is 1.47. The third-order valence-electron chi connectivity index (χ3n) is 1.91. The molecule has 0 radical (unpaired) electrons. The van der Waals surface area contributed by atoms with Crippen molar-refractivity contribution in [2.24, 2.45) is 0 Å². The Morgan fingerprint density at radius 2 is 2.11 bits per heavy atom. The van der Waals surface area contributed by atoms with Gasteiger partial charge in [-0.15, -0.1) is 0 Å². The minimum Gasteiger partial charge on any atom is -0.481 e. The van der Waals surface area contributed by atoms with Gasteiger partial charge in [0.25, 0.3) is 0 Å². The van der Waals surface area contributed by atoms with Gasteiger partial charge in [0, 0.05) is 11.6 Å². The number of rotatable bonds is 4. The third-order valence-corrected chi connectivity index (χ3v) is 2.10. The van der Waals surface area contributed by atoms with Crippen LogP contribution in [0.4, 0.5) is 5.95 Å². The molecule has 0 aliphatic rings. The van der Waals surface area contributed by atoms with Gasteiger partial charge in [-0.25, -0.2) is 4.98 Å². The molecule has 0 saturated carbocycles. The summed E-state index contributed by atoms with van der Waals surface area (Å²) in [7, 11) is 1.46. The molecule has 0 bridgehead atoms. The van der Waals surface area contributed by atoms with Crippen molar-refractivity contribution in [2.45, 2.75) is 26.3 Å². The van der Waals surface area contributed by atoms with Crippen molar-refractivity contribution in [3.63, 3.8) is 0 Å². The Labute approximate surface area is 111 Å². The summed E-state index contributed by atoms with van der Waals surface area (Å²) in [6.45, 7) is 6.08. The first kappa shape index (κ1) is 14.7. The van der Waals surface area contributed by atoms with Crippen molar-refractivity contribution in [1.29, 1.82) is 0 Å². The molecular formula is C11H17ClN4O2. The summed E-state index contributed by atoms with van der Waals surface area (Å²) >= 11 is 5.76. The lowest BCUT2D eigenvalue weighted by atomic mass is 10.1. The van der Waals surface area contributed by atoms with Gasteiger partial charge in [-0.3, -0.25) is 10.1 Å². The van der Waals surface area contributed by atoms with Gasteiger partial charge in [-0.05, 0) is 20.8 Å². The number of anilines is 1. The van der Waals surface area contributed by atoms with Crippen LogP contribution in [-0.2, 0) is 4.79 Å². The lowest BCUT2D eigenvalue weighted by molar-refractivity contribution is -0.115. The van der Waals surface area contributed by atoms with Crippen LogP contribution in [0, 0.1) is 0 Å². The van der Waals surface area contributed by atoms with Gasteiger partial charge in [0.05, 0.1) is 13.7 Å². The molecule has 18 heavy (non-hydrogen) atoms. The lowest BCUT2D eigenvalue weighted by Crippen LogP contribution is -2.41. The number of aromatic nitrogens is 2. The molecule has 1 rings (SSSR count). The third kappa shape index (κ3) is 5.29. The monoisotopic (exact) mass is 272 g/mol. The normalized spacial score (nSPS) is 11.2. The van der Waals surface area contributed by atoms with E-state index in [-0.39, 0.29) is 29.1 Å². The van der Waals surface area contributed by atoms with Gasteiger partial charge in [0.1, 0.15) is 5.15 Å². The summed E-state index contributed by atoms with van der Waals surface area (Å²) in [5.41, 5.74) is -0.135. The number of hydrogen-bond donors (Lipinski definition) is 2. The van der Waals surface area contributed by atoms with Gasteiger partial charge in [0.15, 0.2) is 0 Å². The highest BCUT2D eigenvalue weighted by molar-refractivity contribution is 6.29. The van der Waals surface area contributed by atoms with Crippen molar-refractivity contribution in [2.75, 3.05) is 19.0 Å². The summed E-state index contributed by atoms with van der Waals surface area (Å²) in [6.07, 6.45) is 0. The van der Waals surface area contributed by atoms with E-state index < -0.39 is 0 Å². The van der Waals surface area contributed by atoms with Crippen molar-refractivity contribution >= 4 is 23.5 Å².